The van der Waals surface area contributed by atoms with E-state index in [9.17, 15) is 9.59 Å². The van der Waals surface area contributed by atoms with Crippen molar-refractivity contribution in [1.29, 1.82) is 0 Å². The first-order valence-electron chi connectivity index (χ1n) is 5.95. The number of methoxy groups -OCH3 is 1. The molecule has 0 radical (unpaired) electrons. The molecule has 1 atom stereocenters. The van der Waals surface area contributed by atoms with E-state index in [1.165, 1.54) is 24.9 Å². The van der Waals surface area contributed by atoms with Crippen molar-refractivity contribution in [3.05, 3.63) is 23.8 Å². The summed E-state index contributed by atoms with van der Waals surface area (Å²) in [5.74, 6) is -0.450. The highest BCUT2D eigenvalue weighted by atomic mass is 32.2. The van der Waals surface area contributed by atoms with E-state index in [1.807, 2.05) is 6.26 Å². The van der Waals surface area contributed by atoms with E-state index in [4.69, 9.17) is 15.6 Å². The number of carboxylic acids is 1. The van der Waals surface area contributed by atoms with Gasteiger partial charge in [0.1, 0.15) is 11.8 Å². The molecule has 0 spiro atoms. The van der Waals surface area contributed by atoms with Gasteiger partial charge in [0, 0.05) is 5.69 Å². The van der Waals surface area contributed by atoms with E-state index >= 15 is 0 Å². The second-order valence-corrected chi connectivity index (χ2v) is 5.08. The highest BCUT2D eigenvalue weighted by Crippen LogP contribution is 2.19. The number of nitrogens with one attached hydrogen (secondary N) is 1. The van der Waals surface area contributed by atoms with Crippen LogP contribution in [0.4, 0.5) is 5.69 Å². The summed E-state index contributed by atoms with van der Waals surface area (Å²) in [4.78, 5) is 23.2. The SMILES string of the molecule is COc1ccc(N)c(C(=O)N[C@H](CCSC)C(=O)O)c1. The average molecular weight is 298 g/mol. The van der Waals surface area contributed by atoms with E-state index in [0.29, 0.717) is 17.9 Å². The van der Waals surface area contributed by atoms with Crippen molar-refractivity contribution in [2.45, 2.75) is 12.5 Å². The second-order valence-electron chi connectivity index (χ2n) is 4.10. The first kappa shape index (κ1) is 16.2. The van der Waals surface area contributed by atoms with Gasteiger partial charge in [0.25, 0.3) is 5.91 Å². The fraction of sp³-hybridized carbons (Fsp3) is 0.385. The standard InChI is InChI=1S/C13H18N2O4S/c1-19-8-3-4-10(14)9(7-8)12(16)15-11(13(17)18)5-6-20-2/h3-4,7,11H,5-6,14H2,1-2H3,(H,15,16)(H,17,18)/t11-/m1/s1. The van der Waals surface area contributed by atoms with Crippen LogP contribution in [-0.2, 0) is 4.79 Å². The number of nitrogen functional groups attached to an aromatic ring is 1. The van der Waals surface area contributed by atoms with Crippen molar-refractivity contribution >= 4 is 29.3 Å². The van der Waals surface area contributed by atoms with Gasteiger partial charge in [0.15, 0.2) is 0 Å². The number of carbonyl (C=O) groups is 2. The van der Waals surface area contributed by atoms with E-state index in [0.717, 1.165) is 0 Å². The quantitative estimate of drug-likeness (QED) is 0.654. The van der Waals surface area contributed by atoms with Crippen LogP contribution >= 0.6 is 11.8 Å². The molecule has 0 heterocycles. The van der Waals surface area contributed by atoms with Gasteiger partial charge in [0.2, 0.25) is 0 Å². The molecule has 0 bridgehead atoms. The molecule has 0 unspecified atom stereocenters. The van der Waals surface area contributed by atoms with Crippen LogP contribution in [0.25, 0.3) is 0 Å². The molecule has 110 valence electrons. The normalized spacial score (nSPS) is 11.7. The first-order chi connectivity index (χ1) is 9.49. The number of aliphatic carboxylic acids is 1. The number of hydrogen-bond acceptors (Lipinski definition) is 5. The number of anilines is 1. The first-order valence-corrected chi connectivity index (χ1v) is 7.35. The molecular formula is C13H18N2O4S. The van der Waals surface area contributed by atoms with Crippen LogP contribution in [0.3, 0.4) is 0 Å². The number of nitrogens with two attached hydrogens (primary N) is 1. The Morgan fingerprint density at radius 2 is 2.20 bits per heavy atom. The lowest BCUT2D eigenvalue weighted by Crippen LogP contribution is -2.41. The molecule has 7 heteroatoms. The second kappa shape index (κ2) is 7.64. The Balaban J connectivity index is 2.85. The monoisotopic (exact) mass is 298 g/mol. The maximum atomic E-state index is 12.1. The number of rotatable bonds is 7. The molecule has 0 aromatic heterocycles. The minimum absolute atomic E-state index is 0.208. The van der Waals surface area contributed by atoms with E-state index in [1.54, 1.807) is 12.1 Å². The fourth-order valence-electron chi connectivity index (χ4n) is 1.59. The van der Waals surface area contributed by atoms with Crippen LogP contribution in [0.5, 0.6) is 5.75 Å². The third-order valence-corrected chi connectivity index (χ3v) is 3.36. The third-order valence-electron chi connectivity index (χ3n) is 2.72. The number of amides is 1. The molecule has 0 saturated heterocycles. The van der Waals surface area contributed by atoms with Crippen LogP contribution in [-0.4, -0.2) is 42.1 Å². The third kappa shape index (κ3) is 4.34. The Morgan fingerprint density at radius 1 is 1.50 bits per heavy atom. The Hall–Kier alpha value is -1.89. The van der Waals surface area contributed by atoms with Crippen LogP contribution < -0.4 is 15.8 Å². The molecule has 0 aliphatic carbocycles. The summed E-state index contributed by atoms with van der Waals surface area (Å²) in [5.41, 5.74) is 6.21. The highest BCUT2D eigenvalue weighted by Gasteiger charge is 2.21. The summed E-state index contributed by atoms with van der Waals surface area (Å²) in [7, 11) is 1.48. The lowest BCUT2D eigenvalue weighted by molar-refractivity contribution is -0.139. The van der Waals surface area contributed by atoms with Crippen molar-refractivity contribution in [2.24, 2.45) is 0 Å². The Kier molecular flexibility index (Phi) is 6.17. The maximum absolute atomic E-state index is 12.1. The summed E-state index contributed by atoms with van der Waals surface area (Å²) in [5, 5.41) is 11.6. The lowest BCUT2D eigenvalue weighted by atomic mass is 10.1. The zero-order valence-corrected chi connectivity index (χ0v) is 12.2. The van der Waals surface area contributed by atoms with Crippen LogP contribution in [0.2, 0.25) is 0 Å². The van der Waals surface area contributed by atoms with Crippen molar-refractivity contribution in [2.75, 3.05) is 24.9 Å². The fourth-order valence-corrected chi connectivity index (χ4v) is 2.06. The predicted octanol–water partition coefficient (Wildman–Crippen LogP) is 1.21. The highest BCUT2D eigenvalue weighted by molar-refractivity contribution is 7.98. The van der Waals surface area contributed by atoms with E-state index < -0.39 is 17.9 Å². The molecule has 4 N–H and O–H groups in total. The summed E-state index contributed by atoms with van der Waals surface area (Å²) >= 11 is 1.52. The zero-order chi connectivity index (χ0) is 15.1. The Bertz CT molecular complexity index is 493. The van der Waals surface area contributed by atoms with Crippen LogP contribution in [0, 0.1) is 0 Å². The molecule has 1 rings (SSSR count). The van der Waals surface area contributed by atoms with Gasteiger partial charge in [-0.2, -0.15) is 11.8 Å². The molecule has 0 aliphatic heterocycles. The van der Waals surface area contributed by atoms with Gasteiger partial charge in [-0.3, -0.25) is 4.79 Å². The molecule has 1 amide bonds. The van der Waals surface area contributed by atoms with Crippen molar-refractivity contribution in [1.82, 2.24) is 5.32 Å². The van der Waals surface area contributed by atoms with Gasteiger partial charge in [-0.15, -0.1) is 0 Å². The number of carbonyl (C=O) groups excluding carboxylic acids is 1. The summed E-state index contributed by atoms with van der Waals surface area (Å²) in [6.07, 6.45) is 2.23. The molecule has 0 aliphatic rings. The van der Waals surface area contributed by atoms with Crippen molar-refractivity contribution in [3.8, 4) is 5.75 Å². The number of thioether (sulfide) groups is 1. The largest absolute Gasteiger partial charge is 0.497 e. The van der Waals surface area contributed by atoms with E-state index in [2.05, 4.69) is 5.32 Å². The number of carboxylic acid groups (broad SMARTS) is 1. The lowest BCUT2D eigenvalue weighted by Gasteiger charge is -2.15. The summed E-state index contributed by atoms with van der Waals surface area (Å²) in [6, 6.07) is 3.73. The molecule has 0 saturated carbocycles. The van der Waals surface area contributed by atoms with Crippen molar-refractivity contribution in [3.63, 3.8) is 0 Å². The van der Waals surface area contributed by atoms with Gasteiger partial charge in [-0.1, -0.05) is 0 Å². The van der Waals surface area contributed by atoms with Crippen molar-refractivity contribution < 1.29 is 19.4 Å². The summed E-state index contributed by atoms with van der Waals surface area (Å²) < 4.78 is 5.02. The van der Waals surface area contributed by atoms with Crippen LogP contribution in [0.15, 0.2) is 18.2 Å². The topological polar surface area (TPSA) is 102 Å². The molecule has 1 aromatic rings. The summed E-state index contributed by atoms with van der Waals surface area (Å²) in [6.45, 7) is 0. The zero-order valence-electron chi connectivity index (χ0n) is 11.4. The molecule has 20 heavy (non-hydrogen) atoms. The minimum atomic E-state index is -1.06. The van der Waals surface area contributed by atoms with Gasteiger partial charge < -0.3 is 20.9 Å². The van der Waals surface area contributed by atoms with Gasteiger partial charge >= 0.3 is 5.97 Å². The smallest absolute Gasteiger partial charge is 0.326 e. The van der Waals surface area contributed by atoms with E-state index in [-0.39, 0.29) is 11.3 Å². The maximum Gasteiger partial charge on any atom is 0.326 e. The molecule has 1 aromatic carbocycles. The Morgan fingerprint density at radius 3 is 2.75 bits per heavy atom. The Labute approximate surface area is 121 Å². The minimum Gasteiger partial charge on any atom is -0.497 e. The number of hydrogen-bond donors (Lipinski definition) is 3. The molecule has 6 nitrogen and oxygen atoms in total. The van der Waals surface area contributed by atoms with Crippen LogP contribution in [0.1, 0.15) is 16.8 Å². The predicted molar refractivity (Wildman–Crippen MR) is 79.3 cm³/mol. The number of ether oxygens (including phenoxy) is 1. The average Bonchev–Trinajstić information content (AvgIpc) is 2.43. The van der Waals surface area contributed by atoms with Gasteiger partial charge in [0.05, 0.1) is 12.7 Å². The van der Waals surface area contributed by atoms with Gasteiger partial charge in [-0.25, -0.2) is 4.79 Å². The number of benzene rings is 1. The molecule has 0 fully saturated rings. The molecular weight excluding hydrogens is 280 g/mol. The van der Waals surface area contributed by atoms with Gasteiger partial charge in [-0.05, 0) is 36.6 Å².